The number of nitrogens with two attached hydrogens (primary N) is 1. The van der Waals surface area contributed by atoms with E-state index >= 15 is 0 Å². The van der Waals surface area contributed by atoms with Crippen LogP contribution in [0.25, 0.3) is 0 Å². The van der Waals surface area contributed by atoms with Crippen LogP contribution in [0.3, 0.4) is 0 Å². The van der Waals surface area contributed by atoms with Crippen LogP contribution in [0, 0.1) is 5.92 Å². The van der Waals surface area contributed by atoms with Gasteiger partial charge >= 0.3 is 0 Å². The summed E-state index contributed by atoms with van der Waals surface area (Å²) in [5.74, 6) is 1.97. The molecule has 0 aromatic carbocycles. The van der Waals surface area contributed by atoms with Gasteiger partial charge in [0.25, 0.3) is 0 Å². The number of hydrogen-bond acceptors (Lipinski definition) is 2. The molecular weight excluding hydrogens is 222 g/mol. The molecule has 2 rings (SSSR count). The molecular formula is C16H25NO. The van der Waals surface area contributed by atoms with Gasteiger partial charge in [-0.25, -0.2) is 0 Å². The van der Waals surface area contributed by atoms with E-state index in [1.165, 1.54) is 42.4 Å². The van der Waals surface area contributed by atoms with Crippen molar-refractivity contribution in [3.63, 3.8) is 0 Å². The lowest BCUT2D eigenvalue weighted by Gasteiger charge is -2.26. The van der Waals surface area contributed by atoms with E-state index in [1.807, 2.05) is 0 Å². The fraction of sp³-hybridized carbons (Fsp3) is 0.625. The highest BCUT2D eigenvalue weighted by atomic mass is 16.5. The molecule has 2 aliphatic rings. The topological polar surface area (TPSA) is 35.2 Å². The molecule has 1 fully saturated rings. The van der Waals surface area contributed by atoms with Crippen molar-refractivity contribution in [3.05, 3.63) is 34.3 Å². The monoisotopic (exact) mass is 247 g/mol. The molecule has 0 aromatic rings. The van der Waals surface area contributed by atoms with Crippen molar-refractivity contribution in [1.82, 2.24) is 0 Å². The van der Waals surface area contributed by atoms with Crippen LogP contribution in [0.2, 0.25) is 0 Å². The standard InChI is InChI=1S/C16H25NO/c1-11-7-10-15(17)14(12(2)16(11)18-3)9-8-13-5-4-6-13/h10,13H,4-9,17H2,1-3H3. The summed E-state index contributed by atoms with van der Waals surface area (Å²) in [6.45, 7) is 4.27. The number of rotatable bonds is 4. The minimum absolute atomic E-state index is 0.902. The molecule has 0 unspecified atom stereocenters. The zero-order valence-electron chi connectivity index (χ0n) is 11.9. The second kappa shape index (κ2) is 5.64. The van der Waals surface area contributed by atoms with Gasteiger partial charge in [-0.2, -0.15) is 0 Å². The van der Waals surface area contributed by atoms with Crippen molar-refractivity contribution in [3.8, 4) is 0 Å². The molecule has 0 spiro atoms. The third kappa shape index (κ3) is 2.63. The maximum absolute atomic E-state index is 6.22. The van der Waals surface area contributed by atoms with Gasteiger partial charge in [-0.1, -0.05) is 25.3 Å². The number of methoxy groups -OCH3 is 1. The van der Waals surface area contributed by atoms with Gasteiger partial charge in [-0.3, -0.25) is 0 Å². The third-order valence-electron chi connectivity index (χ3n) is 4.39. The van der Waals surface area contributed by atoms with Crippen molar-refractivity contribution in [2.75, 3.05) is 7.11 Å². The van der Waals surface area contributed by atoms with E-state index in [2.05, 4.69) is 19.9 Å². The highest BCUT2D eigenvalue weighted by molar-refractivity contribution is 5.45. The fourth-order valence-electron chi connectivity index (χ4n) is 2.94. The van der Waals surface area contributed by atoms with Gasteiger partial charge in [0.2, 0.25) is 0 Å². The smallest absolute Gasteiger partial charge is 0.121 e. The van der Waals surface area contributed by atoms with Crippen LogP contribution in [0.1, 0.15) is 52.4 Å². The lowest BCUT2D eigenvalue weighted by atomic mass is 9.80. The molecule has 0 saturated heterocycles. The van der Waals surface area contributed by atoms with Crippen LogP contribution >= 0.6 is 0 Å². The normalized spacial score (nSPS) is 21.6. The summed E-state index contributed by atoms with van der Waals surface area (Å²) in [7, 11) is 1.76. The predicted molar refractivity (Wildman–Crippen MR) is 75.9 cm³/mol. The first-order chi connectivity index (χ1) is 8.63. The molecule has 2 heteroatoms. The van der Waals surface area contributed by atoms with Gasteiger partial charge in [0.05, 0.1) is 7.11 Å². The molecule has 0 amide bonds. The van der Waals surface area contributed by atoms with Crippen LogP contribution in [0.5, 0.6) is 0 Å². The Morgan fingerprint density at radius 2 is 2.06 bits per heavy atom. The minimum Gasteiger partial charge on any atom is -0.497 e. The van der Waals surface area contributed by atoms with Crippen molar-refractivity contribution in [1.29, 1.82) is 0 Å². The Morgan fingerprint density at radius 1 is 1.33 bits per heavy atom. The molecule has 0 atom stereocenters. The Morgan fingerprint density at radius 3 is 2.61 bits per heavy atom. The highest BCUT2D eigenvalue weighted by Crippen LogP contribution is 2.35. The van der Waals surface area contributed by atoms with Crippen molar-refractivity contribution in [2.45, 2.75) is 52.4 Å². The molecule has 0 radical (unpaired) electrons. The number of ether oxygens (including phenoxy) is 1. The number of allylic oxidation sites excluding steroid dienone is 4. The Labute approximate surface area is 111 Å². The fourth-order valence-corrected chi connectivity index (χ4v) is 2.94. The van der Waals surface area contributed by atoms with E-state index in [0.29, 0.717) is 0 Å². The summed E-state index contributed by atoms with van der Waals surface area (Å²) in [6, 6.07) is 0. The maximum Gasteiger partial charge on any atom is 0.121 e. The average Bonchev–Trinajstić information content (AvgIpc) is 2.38. The Balaban J connectivity index is 2.18. The third-order valence-corrected chi connectivity index (χ3v) is 4.39. The largest absolute Gasteiger partial charge is 0.497 e. The number of hydrogen-bond donors (Lipinski definition) is 1. The lowest BCUT2D eigenvalue weighted by molar-refractivity contribution is 0.290. The Hall–Kier alpha value is -1.18. The van der Waals surface area contributed by atoms with Crippen LogP contribution in [0.4, 0.5) is 0 Å². The van der Waals surface area contributed by atoms with Crippen LogP contribution in [-0.4, -0.2) is 7.11 Å². The first-order valence-corrected chi connectivity index (χ1v) is 7.03. The summed E-state index contributed by atoms with van der Waals surface area (Å²) < 4.78 is 5.55. The molecule has 1 saturated carbocycles. The molecule has 2 N–H and O–H groups in total. The van der Waals surface area contributed by atoms with Gasteiger partial charge < -0.3 is 10.5 Å². The summed E-state index contributed by atoms with van der Waals surface area (Å²) in [4.78, 5) is 0. The molecule has 18 heavy (non-hydrogen) atoms. The van der Waals surface area contributed by atoms with E-state index in [9.17, 15) is 0 Å². The van der Waals surface area contributed by atoms with Crippen LogP contribution in [0.15, 0.2) is 34.3 Å². The zero-order valence-corrected chi connectivity index (χ0v) is 11.9. The van der Waals surface area contributed by atoms with E-state index in [0.717, 1.165) is 30.2 Å². The first kappa shape index (κ1) is 13.3. The predicted octanol–water partition coefficient (Wildman–Crippen LogP) is 4.05. The second-order valence-electron chi connectivity index (χ2n) is 5.62. The Bertz CT molecular complexity index is 411. The first-order valence-electron chi connectivity index (χ1n) is 7.03. The zero-order chi connectivity index (χ0) is 13.1. The minimum atomic E-state index is 0.902. The van der Waals surface area contributed by atoms with E-state index in [4.69, 9.17) is 10.5 Å². The quantitative estimate of drug-likeness (QED) is 0.813. The molecule has 100 valence electrons. The van der Waals surface area contributed by atoms with Crippen LogP contribution < -0.4 is 5.73 Å². The van der Waals surface area contributed by atoms with Gasteiger partial charge in [-0.05, 0) is 55.7 Å². The van der Waals surface area contributed by atoms with E-state index < -0.39 is 0 Å². The maximum atomic E-state index is 6.22. The molecule has 0 bridgehead atoms. The lowest BCUT2D eigenvalue weighted by Crippen LogP contribution is -2.13. The summed E-state index contributed by atoms with van der Waals surface area (Å²) in [6.07, 6.45) is 9.64. The van der Waals surface area contributed by atoms with Gasteiger partial charge in [0.1, 0.15) is 5.76 Å². The van der Waals surface area contributed by atoms with Crippen molar-refractivity contribution < 1.29 is 4.74 Å². The molecule has 0 aliphatic heterocycles. The average molecular weight is 247 g/mol. The molecule has 2 nitrogen and oxygen atoms in total. The molecule has 0 heterocycles. The van der Waals surface area contributed by atoms with Crippen LogP contribution in [-0.2, 0) is 4.74 Å². The summed E-state index contributed by atoms with van der Waals surface area (Å²) in [5.41, 5.74) is 11.0. The highest BCUT2D eigenvalue weighted by Gasteiger charge is 2.21. The summed E-state index contributed by atoms with van der Waals surface area (Å²) >= 11 is 0. The Kier molecular flexibility index (Phi) is 4.15. The molecule has 0 aromatic heterocycles. The summed E-state index contributed by atoms with van der Waals surface area (Å²) in [5, 5.41) is 0. The van der Waals surface area contributed by atoms with Gasteiger partial charge in [-0.15, -0.1) is 0 Å². The molecule has 2 aliphatic carbocycles. The van der Waals surface area contributed by atoms with Gasteiger partial charge in [0, 0.05) is 5.70 Å². The SMILES string of the molecule is COC1=C(C)CC=C(N)C(CCC2CCC2)=C1C. The van der Waals surface area contributed by atoms with Crippen molar-refractivity contribution in [2.24, 2.45) is 11.7 Å². The van der Waals surface area contributed by atoms with E-state index in [-0.39, 0.29) is 0 Å². The van der Waals surface area contributed by atoms with E-state index in [1.54, 1.807) is 7.11 Å². The van der Waals surface area contributed by atoms with Gasteiger partial charge in [0.15, 0.2) is 0 Å². The van der Waals surface area contributed by atoms with Crippen molar-refractivity contribution >= 4 is 0 Å². The second-order valence-corrected chi connectivity index (χ2v) is 5.62.